The zero-order chi connectivity index (χ0) is 9.97. The zero-order valence-electron chi connectivity index (χ0n) is 8.77. The van der Waals surface area contributed by atoms with Gasteiger partial charge in [0.05, 0.1) is 0 Å². The molecule has 0 amide bonds. The molecule has 0 radical (unpaired) electrons. The van der Waals surface area contributed by atoms with Crippen molar-refractivity contribution in [3.05, 3.63) is 35.2 Å². The van der Waals surface area contributed by atoms with Crippen LogP contribution in [0.2, 0.25) is 0 Å². The molecule has 0 aromatic carbocycles. The molecule has 1 N–H and O–H groups in total. The van der Waals surface area contributed by atoms with E-state index < -0.39 is 0 Å². The van der Waals surface area contributed by atoms with Gasteiger partial charge in [0.1, 0.15) is 0 Å². The summed E-state index contributed by atoms with van der Waals surface area (Å²) >= 11 is 0. The van der Waals surface area contributed by atoms with Gasteiger partial charge < -0.3 is 4.98 Å². The van der Waals surface area contributed by atoms with Gasteiger partial charge >= 0.3 is 0 Å². The van der Waals surface area contributed by atoms with Crippen molar-refractivity contribution < 1.29 is 0 Å². The van der Waals surface area contributed by atoms with Crippen molar-refractivity contribution in [2.24, 2.45) is 0 Å². The van der Waals surface area contributed by atoms with E-state index in [2.05, 4.69) is 30.6 Å². The number of fused-ring (bicyclic) bond motifs is 1. The molecule has 0 saturated heterocycles. The second-order valence-electron chi connectivity index (χ2n) is 3.82. The van der Waals surface area contributed by atoms with E-state index in [-0.39, 0.29) is 0 Å². The largest absolute Gasteiger partial charge is 0.358 e. The molecule has 2 rings (SSSR count). The number of aromatic nitrogens is 1. The highest BCUT2D eigenvalue weighted by Crippen LogP contribution is 2.28. The highest BCUT2D eigenvalue weighted by atomic mass is 14.7. The van der Waals surface area contributed by atoms with Gasteiger partial charge in [-0.1, -0.05) is 18.7 Å². The third-order valence-electron chi connectivity index (χ3n) is 2.91. The van der Waals surface area contributed by atoms with E-state index in [9.17, 15) is 0 Å². The lowest BCUT2D eigenvalue weighted by atomic mass is 9.94. The minimum atomic E-state index is 1.19. The van der Waals surface area contributed by atoms with Crippen molar-refractivity contribution in [1.82, 2.24) is 4.98 Å². The molecule has 0 saturated carbocycles. The first-order chi connectivity index (χ1) is 6.86. The Morgan fingerprint density at radius 2 is 2.07 bits per heavy atom. The monoisotopic (exact) mass is 187 g/mol. The Balaban J connectivity index is 2.52. The number of hydrogen-bond acceptors (Lipinski definition) is 0. The second kappa shape index (κ2) is 3.87. The minimum absolute atomic E-state index is 1.19. The van der Waals surface area contributed by atoms with Gasteiger partial charge in [0.2, 0.25) is 0 Å². The fourth-order valence-corrected chi connectivity index (χ4v) is 2.25. The number of hydrogen-bond donors (Lipinski definition) is 1. The normalized spacial score (nSPS) is 15.8. The molecular weight excluding hydrogens is 170 g/mol. The van der Waals surface area contributed by atoms with Crippen molar-refractivity contribution >= 4 is 12.2 Å². The first kappa shape index (κ1) is 9.32. The van der Waals surface area contributed by atoms with Gasteiger partial charge in [-0.25, -0.2) is 0 Å². The van der Waals surface area contributed by atoms with Crippen LogP contribution in [-0.4, -0.2) is 4.98 Å². The summed E-state index contributed by atoms with van der Waals surface area (Å²) in [6.07, 6.45) is 11.3. The molecule has 1 heteroatoms. The molecule has 1 heterocycles. The second-order valence-corrected chi connectivity index (χ2v) is 3.82. The maximum atomic E-state index is 3.85. The van der Waals surface area contributed by atoms with Crippen LogP contribution in [0.3, 0.4) is 0 Å². The van der Waals surface area contributed by atoms with E-state index in [1.165, 1.54) is 48.2 Å². The van der Waals surface area contributed by atoms with Crippen molar-refractivity contribution in [2.45, 2.75) is 32.6 Å². The molecule has 1 aliphatic carbocycles. The SMILES string of the molecule is C=Cc1[nH]c2c(c1/C=C\C)CCCC2. The molecule has 0 fully saturated rings. The first-order valence-electron chi connectivity index (χ1n) is 5.35. The minimum Gasteiger partial charge on any atom is -0.358 e. The molecule has 0 unspecified atom stereocenters. The van der Waals surface area contributed by atoms with E-state index in [0.717, 1.165) is 0 Å². The number of aromatic amines is 1. The van der Waals surface area contributed by atoms with Crippen LogP contribution in [-0.2, 0) is 12.8 Å². The summed E-state index contributed by atoms with van der Waals surface area (Å²) in [5.41, 5.74) is 5.50. The summed E-state index contributed by atoms with van der Waals surface area (Å²) in [7, 11) is 0. The van der Waals surface area contributed by atoms with Crippen LogP contribution < -0.4 is 0 Å². The number of aryl methyl sites for hydroxylation is 1. The molecule has 1 aliphatic rings. The van der Waals surface area contributed by atoms with Crippen LogP contribution in [0, 0.1) is 0 Å². The number of nitrogens with one attached hydrogen (secondary N) is 1. The van der Waals surface area contributed by atoms with Gasteiger partial charge in [-0.05, 0) is 44.2 Å². The zero-order valence-corrected chi connectivity index (χ0v) is 8.77. The summed E-state index contributed by atoms with van der Waals surface area (Å²) in [5.74, 6) is 0. The van der Waals surface area contributed by atoms with E-state index in [4.69, 9.17) is 0 Å². The highest BCUT2D eigenvalue weighted by Gasteiger charge is 2.16. The molecule has 0 atom stereocenters. The molecule has 0 bridgehead atoms. The van der Waals surface area contributed by atoms with E-state index in [0.29, 0.717) is 0 Å². The fourth-order valence-electron chi connectivity index (χ4n) is 2.25. The lowest BCUT2D eigenvalue weighted by Crippen LogP contribution is -2.00. The van der Waals surface area contributed by atoms with E-state index in [1.807, 2.05) is 6.08 Å². The number of rotatable bonds is 2. The Kier molecular flexibility index (Phi) is 2.58. The van der Waals surface area contributed by atoms with Crippen molar-refractivity contribution in [3.63, 3.8) is 0 Å². The van der Waals surface area contributed by atoms with Gasteiger partial charge in [0.15, 0.2) is 0 Å². The van der Waals surface area contributed by atoms with Crippen LogP contribution in [0.15, 0.2) is 12.7 Å². The van der Waals surface area contributed by atoms with E-state index in [1.54, 1.807) is 0 Å². The maximum absolute atomic E-state index is 3.85. The Morgan fingerprint density at radius 3 is 2.79 bits per heavy atom. The summed E-state index contributed by atoms with van der Waals surface area (Å²) in [5, 5.41) is 0. The fraction of sp³-hybridized carbons (Fsp3) is 0.385. The van der Waals surface area contributed by atoms with Gasteiger partial charge in [-0.3, -0.25) is 0 Å². The average Bonchev–Trinajstić information content (AvgIpc) is 2.58. The molecule has 1 nitrogen and oxygen atoms in total. The van der Waals surface area contributed by atoms with Crippen LogP contribution in [0.1, 0.15) is 42.3 Å². The number of allylic oxidation sites excluding steroid dienone is 1. The predicted octanol–water partition coefficient (Wildman–Crippen LogP) is 3.57. The highest BCUT2D eigenvalue weighted by molar-refractivity contribution is 5.67. The summed E-state index contributed by atoms with van der Waals surface area (Å²) < 4.78 is 0. The summed E-state index contributed by atoms with van der Waals surface area (Å²) in [4.78, 5) is 3.47. The summed E-state index contributed by atoms with van der Waals surface area (Å²) in [6, 6.07) is 0. The Morgan fingerprint density at radius 1 is 1.29 bits per heavy atom. The van der Waals surface area contributed by atoms with Gasteiger partial charge in [0, 0.05) is 17.0 Å². The Labute approximate surface area is 85.5 Å². The molecule has 1 aromatic heterocycles. The van der Waals surface area contributed by atoms with Gasteiger partial charge in [0.25, 0.3) is 0 Å². The van der Waals surface area contributed by atoms with Gasteiger partial charge in [-0.15, -0.1) is 0 Å². The van der Waals surface area contributed by atoms with Crippen LogP contribution >= 0.6 is 0 Å². The Bertz CT molecular complexity index is 369. The molecular formula is C13H17N. The molecule has 1 aromatic rings. The maximum Gasteiger partial charge on any atom is 0.0452 e. The van der Waals surface area contributed by atoms with E-state index >= 15 is 0 Å². The molecule has 0 spiro atoms. The van der Waals surface area contributed by atoms with Crippen molar-refractivity contribution in [2.75, 3.05) is 0 Å². The Hall–Kier alpha value is -1.24. The smallest absolute Gasteiger partial charge is 0.0452 e. The predicted molar refractivity (Wildman–Crippen MR) is 62.2 cm³/mol. The van der Waals surface area contributed by atoms with Crippen LogP contribution in [0.4, 0.5) is 0 Å². The van der Waals surface area contributed by atoms with Gasteiger partial charge in [-0.2, -0.15) is 0 Å². The van der Waals surface area contributed by atoms with Crippen molar-refractivity contribution in [1.29, 1.82) is 0 Å². The third kappa shape index (κ3) is 1.43. The van der Waals surface area contributed by atoms with Crippen LogP contribution in [0.5, 0.6) is 0 Å². The molecule has 74 valence electrons. The topological polar surface area (TPSA) is 15.8 Å². The lowest BCUT2D eigenvalue weighted by Gasteiger charge is -2.11. The first-order valence-corrected chi connectivity index (χ1v) is 5.35. The number of H-pyrrole nitrogens is 1. The quantitative estimate of drug-likeness (QED) is 0.728. The van der Waals surface area contributed by atoms with Crippen molar-refractivity contribution in [3.8, 4) is 0 Å². The standard InChI is InChI=1S/C13H17N/c1-3-7-10-11-8-5-6-9-13(11)14-12(10)4-2/h3-4,7,14H,2,5-6,8-9H2,1H3/b7-3-. The third-order valence-corrected chi connectivity index (χ3v) is 2.91. The summed E-state index contributed by atoms with van der Waals surface area (Å²) in [6.45, 7) is 5.92. The average molecular weight is 187 g/mol. The molecule has 0 aliphatic heterocycles. The lowest BCUT2D eigenvalue weighted by molar-refractivity contribution is 0.676. The van der Waals surface area contributed by atoms with Crippen LogP contribution in [0.25, 0.3) is 12.2 Å². The molecule has 14 heavy (non-hydrogen) atoms.